The van der Waals surface area contributed by atoms with Gasteiger partial charge in [0.2, 0.25) is 5.91 Å². The van der Waals surface area contributed by atoms with Gasteiger partial charge in [-0.3, -0.25) is 4.79 Å². The van der Waals surface area contributed by atoms with Gasteiger partial charge in [-0.15, -0.1) is 0 Å². The van der Waals surface area contributed by atoms with E-state index in [9.17, 15) is 4.79 Å². The fourth-order valence-electron chi connectivity index (χ4n) is 2.13. The zero-order valence-corrected chi connectivity index (χ0v) is 11.5. The number of rotatable bonds is 6. The molecule has 4 nitrogen and oxygen atoms in total. The lowest BCUT2D eigenvalue weighted by Gasteiger charge is -2.13. The van der Waals surface area contributed by atoms with E-state index in [1.54, 1.807) is 0 Å². The van der Waals surface area contributed by atoms with Gasteiger partial charge in [-0.25, -0.2) is 0 Å². The van der Waals surface area contributed by atoms with Crippen LogP contribution < -0.4 is 10.1 Å². The van der Waals surface area contributed by atoms with Crippen molar-refractivity contribution in [1.29, 1.82) is 0 Å². The van der Waals surface area contributed by atoms with Crippen molar-refractivity contribution in [2.45, 2.75) is 45.8 Å². The maximum atomic E-state index is 11.5. The fraction of sp³-hybridized carbons (Fsp3) is 0.533. The monoisotopic (exact) mass is 263 g/mol. The number of carbonyl (C=O) groups is 1. The van der Waals surface area contributed by atoms with E-state index in [4.69, 9.17) is 9.84 Å². The summed E-state index contributed by atoms with van der Waals surface area (Å²) >= 11 is 0. The van der Waals surface area contributed by atoms with E-state index in [-0.39, 0.29) is 12.5 Å². The van der Waals surface area contributed by atoms with Crippen LogP contribution in [0.2, 0.25) is 0 Å². The third-order valence-electron chi connectivity index (χ3n) is 3.22. The molecule has 0 radical (unpaired) electrons. The van der Waals surface area contributed by atoms with Crippen LogP contribution >= 0.6 is 0 Å². The number of nitrogens with one attached hydrogen (secondary N) is 1. The predicted molar refractivity (Wildman–Crippen MR) is 73.1 cm³/mol. The molecule has 1 aliphatic rings. The fourth-order valence-corrected chi connectivity index (χ4v) is 2.13. The van der Waals surface area contributed by atoms with Crippen LogP contribution in [-0.4, -0.2) is 23.7 Å². The summed E-state index contributed by atoms with van der Waals surface area (Å²) in [5, 5.41) is 12.1. The van der Waals surface area contributed by atoms with Crippen LogP contribution in [0.5, 0.6) is 5.75 Å². The molecule has 2 N–H and O–H groups in total. The van der Waals surface area contributed by atoms with Gasteiger partial charge in [-0.05, 0) is 43.4 Å². The molecule has 0 aromatic heterocycles. The Balaban J connectivity index is 1.86. The Hall–Kier alpha value is -1.55. The summed E-state index contributed by atoms with van der Waals surface area (Å²) in [6.07, 6.45) is 2.60. The minimum atomic E-state index is 0.0335. The lowest BCUT2D eigenvalue weighted by Crippen LogP contribution is -2.26. The number of amides is 1. The van der Waals surface area contributed by atoms with Gasteiger partial charge in [0.1, 0.15) is 5.75 Å². The zero-order chi connectivity index (χ0) is 13.8. The van der Waals surface area contributed by atoms with Crippen LogP contribution in [0.1, 0.15) is 36.0 Å². The van der Waals surface area contributed by atoms with Crippen molar-refractivity contribution in [3.63, 3.8) is 0 Å². The van der Waals surface area contributed by atoms with E-state index in [0.717, 1.165) is 35.3 Å². The minimum Gasteiger partial charge on any atom is -0.493 e. The van der Waals surface area contributed by atoms with E-state index in [1.807, 2.05) is 26.0 Å². The molecule has 0 aliphatic heterocycles. The van der Waals surface area contributed by atoms with Gasteiger partial charge in [-0.1, -0.05) is 12.1 Å². The van der Waals surface area contributed by atoms with E-state index in [0.29, 0.717) is 19.1 Å². The van der Waals surface area contributed by atoms with Crippen molar-refractivity contribution in [2.75, 3.05) is 6.61 Å². The molecule has 0 unspecified atom stereocenters. The topological polar surface area (TPSA) is 58.6 Å². The molecule has 19 heavy (non-hydrogen) atoms. The first-order valence-corrected chi connectivity index (χ1v) is 6.73. The summed E-state index contributed by atoms with van der Waals surface area (Å²) in [6, 6.07) is 4.22. The van der Waals surface area contributed by atoms with E-state index >= 15 is 0 Å². The van der Waals surface area contributed by atoms with Gasteiger partial charge in [-0.2, -0.15) is 0 Å². The predicted octanol–water partition coefficient (Wildman–Crippen LogP) is 1.84. The Kier molecular flexibility index (Phi) is 4.43. The van der Waals surface area contributed by atoms with Crippen LogP contribution in [0.25, 0.3) is 0 Å². The summed E-state index contributed by atoms with van der Waals surface area (Å²) in [5.41, 5.74) is 2.87. The number of benzene rings is 1. The van der Waals surface area contributed by atoms with E-state index in [1.165, 1.54) is 0 Å². The molecule has 104 valence electrons. The zero-order valence-electron chi connectivity index (χ0n) is 11.5. The Bertz CT molecular complexity index is 443. The molecule has 0 bridgehead atoms. The van der Waals surface area contributed by atoms with Crippen LogP contribution in [0, 0.1) is 13.8 Å². The van der Waals surface area contributed by atoms with Crippen molar-refractivity contribution >= 4 is 5.91 Å². The Labute approximate surface area is 113 Å². The van der Waals surface area contributed by atoms with Crippen LogP contribution in [0.3, 0.4) is 0 Å². The standard InChI is InChI=1S/C15H21NO3/c1-10-7-12(9-17)8-11(2)15(10)19-6-5-14(18)16-13-3-4-13/h7-8,13,17H,3-6,9H2,1-2H3,(H,16,18). The lowest BCUT2D eigenvalue weighted by molar-refractivity contribution is -0.121. The molecule has 1 aliphatic carbocycles. The number of aliphatic hydroxyl groups is 1. The molecule has 0 saturated heterocycles. The summed E-state index contributed by atoms with van der Waals surface area (Å²) in [6.45, 7) is 4.32. The number of hydrogen-bond donors (Lipinski definition) is 2. The van der Waals surface area contributed by atoms with E-state index in [2.05, 4.69) is 5.32 Å². The molecule has 1 amide bonds. The smallest absolute Gasteiger partial charge is 0.223 e. The Morgan fingerprint density at radius 2 is 2.00 bits per heavy atom. The first-order chi connectivity index (χ1) is 9.10. The number of aliphatic hydroxyl groups excluding tert-OH is 1. The molecule has 0 heterocycles. The number of carbonyl (C=O) groups excluding carboxylic acids is 1. The van der Waals surface area contributed by atoms with Crippen molar-refractivity contribution in [3.8, 4) is 5.75 Å². The molecular formula is C15H21NO3. The first kappa shape index (κ1) is 13.9. The molecule has 4 heteroatoms. The second-order valence-electron chi connectivity index (χ2n) is 5.16. The minimum absolute atomic E-state index is 0.0335. The maximum absolute atomic E-state index is 11.5. The Morgan fingerprint density at radius 3 is 2.53 bits per heavy atom. The highest BCUT2D eigenvalue weighted by molar-refractivity contribution is 5.76. The summed E-state index contributed by atoms with van der Waals surface area (Å²) < 4.78 is 5.70. The quantitative estimate of drug-likeness (QED) is 0.823. The second-order valence-corrected chi connectivity index (χ2v) is 5.16. The van der Waals surface area contributed by atoms with Gasteiger partial charge in [0.25, 0.3) is 0 Å². The first-order valence-electron chi connectivity index (χ1n) is 6.73. The second kappa shape index (κ2) is 6.06. The van der Waals surface area contributed by atoms with Gasteiger partial charge < -0.3 is 15.2 Å². The third-order valence-corrected chi connectivity index (χ3v) is 3.22. The molecule has 0 spiro atoms. The van der Waals surface area contributed by atoms with E-state index < -0.39 is 0 Å². The number of ether oxygens (including phenoxy) is 1. The lowest BCUT2D eigenvalue weighted by atomic mass is 10.1. The molecule has 1 aromatic carbocycles. The molecule has 1 aromatic rings. The van der Waals surface area contributed by atoms with Gasteiger partial charge in [0, 0.05) is 6.04 Å². The summed E-state index contributed by atoms with van der Waals surface area (Å²) in [7, 11) is 0. The van der Waals surface area contributed by atoms with Crippen molar-refractivity contribution in [2.24, 2.45) is 0 Å². The normalized spacial score (nSPS) is 14.3. The molecule has 1 saturated carbocycles. The maximum Gasteiger partial charge on any atom is 0.223 e. The van der Waals surface area contributed by atoms with Crippen LogP contribution in [0.4, 0.5) is 0 Å². The number of aryl methyl sites for hydroxylation is 2. The van der Waals surface area contributed by atoms with Crippen molar-refractivity contribution in [3.05, 3.63) is 28.8 Å². The Morgan fingerprint density at radius 1 is 1.37 bits per heavy atom. The number of hydrogen-bond acceptors (Lipinski definition) is 3. The average molecular weight is 263 g/mol. The van der Waals surface area contributed by atoms with Crippen molar-refractivity contribution < 1.29 is 14.6 Å². The SMILES string of the molecule is Cc1cc(CO)cc(C)c1OCCC(=O)NC1CC1. The van der Waals surface area contributed by atoms with Crippen molar-refractivity contribution in [1.82, 2.24) is 5.32 Å². The van der Waals surface area contributed by atoms with Gasteiger partial charge >= 0.3 is 0 Å². The largest absolute Gasteiger partial charge is 0.493 e. The van der Waals surface area contributed by atoms with Crippen LogP contribution in [0.15, 0.2) is 12.1 Å². The average Bonchev–Trinajstić information content (AvgIpc) is 3.16. The summed E-state index contributed by atoms with van der Waals surface area (Å²) in [4.78, 5) is 11.5. The highest BCUT2D eigenvalue weighted by Crippen LogP contribution is 2.25. The molecule has 2 rings (SSSR count). The molecular weight excluding hydrogens is 242 g/mol. The molecule has 0 atom stereocenters. The third kappa shape index (κ3) is 3.96. The summed E-state index contributed by atoms with van der Waals surface area (Å²) in [5.74, 6) is 0.876. The van der Waals surface area contributed by atoms with Gasteiger partial charge in [0.15, 0.2) is 0 Å². The highest BCUT2D eigenvalue weighted by Gasteiger charge is 2.22. The van der Waals surface area contributed by atoms with Gasteiger partial charge in [0.05, 0.1) is 19.6 Å². The highest BCUT2D eigenvalue weighted by atomic mass is 16.5. The molecule has 1 fully saturated rings. The van der Waals surface area contributed by atoms with Crippen LogP contribution in [-0.2, 0) is 11.4 Å².